The first-order valence-electron chi connectivity index (χ1n) is 11.6. The van der Waals surface area contributed by atoms with Crippen molar-refractivity contribution in [1.82, 2.24) is 24.8 Å². The molecule has 1 fully saturated rings. The maximum absolute atomic E-state index is 11.4. The van der Waals surface area contributed by atoms with Crippen molar-refractivity contribution in [2.24, 2.45) is 0 Å². The fraction of sp³-hybridized carbons (Fsp3) is 0.185. The van der Waals surface area contributed by atoms with Crippen molar-refractivity contribution in [2.75, 3.05) is 7.11 Å². The van der Waals surface area contributed by atoms with Crippen LogP contribution >= 0.6 is 0 Å². The summed E-state index contributed by atoms with van der Waals surface area (Å²) in [6.07, 6.45) is 6.55. The molecule has 1 amide bonds. The van der Waals surface area contributed by atoms with Crippen LogP contribution in [0.3, 0.4) is 0 Å². The summed E-state index contributed by atoms with van der Waals surface area (Å²) in [5.41, 5.74) is 3.41. The van der Waals surface area contributed by atoms with E-state index in [1.54, 1.807) is 30.4 Å². The van der Waals surface area contributed by atoms with Crippen LogP contribution in [0.1, 0.15) is 24.8 Å². The molecule has 0 bridgehead atoms. The number of furan rings is 1. The van der Waals surface area contributed by atoms with Gasteiger partial charge in [0, 0.05) is 23.5 Å². The quantitative estimate of drug-likeness (QED) is 0.334. The molecule has 6 rings (SSSR count). The predicted octanol–water partition coefficient (Wildman–Crippen LogP) is 5.40. The number of amides is 1. The number of aromatic nitrogens is 4. The molecule has 36 heavy (non-hydrogen) atoms. The molecule has 0 atom stereocenters. The molecule has 5 aromatic rings. The maximum Gasteiger partial charge on any atom is 0.405 e. The fourth-order valence-corrected chi connectivity index (χ4v) is 4.84. The smallest absolute Gasteiger partial charge is 0.405 e. The summed E-state index contributed by atoms with van der Waals surface area (Å²) in [4.78, 5) is 24.7. The Morgan fingerprint density at radius 3 is 2.47 bits per heavy atom. The first-order valence-corrected chi connectivity index (χ1v) is 11.6. The van der Waals surface area contributed by atoms with Gasteiger partial charge in [-0.1, -0.05) is 54.6 Å². The number of ether oxygens (including phenoxy) is 1. The van der Waals surface area contributed by atoms with Gasteiger partial charge in [0.05, 0.1) is 12.6 Å². The lowest BCUT2D eigenvalue weighted by Crippen LogP contribution is -2.50. The number of nitrogens with zero attached hydrogens (tertiary/aromatic N) is 4. The molecule has 2 N–H and O–H groups in total. The molecule has 2 aromatic carbocycles. The minimum absolute atomic E-state index is 0.388. The largest absolute Gasteiger partial charge is 0.480 e. The lowest BCUT2D eigenvalue weighted by Gasteiger charge is -2.42. The van der Waals surface area contributed by atoms with Crippen LogP contribution in [0.25, 0.3) is 39.5 Å². The average Bonchev–Trinajstić information content (AvgIpc) is 3.55. The zero-order valence-corrected chi connectivity index (χ0v) is 19.5. The zero-order valence-electron chi connectivity index (χ0n) is 19.5. The van der Waals surface area contributed by atoms with Crippen molar-refractivity contribution in [3.05, 3.63) is 78.9 Å². The molecule has 0 radical (unpaired) electrons. The van der Waals surface area contributed by atoms with Gasteiger partial charge in [-0.05, 0) is 30.4 Å². The lowest BCUT2D eigenvalue weighted by atomic mass is 9.72. The molecule has 0 saturated heterocycles. The maximum atomic E-state index is 11.4. The summed E-state index contributed by atoms with van der Waals surface area (Å²) in [5.74, 6) is 1.42. The van der Waals surface area contributed by atoms with Gasteiger partial charge in [0.2, 0.25) is 17.5 Å². The number of imidazole rings is 1. The molecular weight excluding hydrogens is 458 g/mol. The van der Waals surface area contributed by atoms with E-state index in [0.29, 0.717) is 28.7 Å². The number of hydrogen-bond donors (Lipinski definition) is 2. The van der Waals surface area contributed by atoms with E-state index >= 15 is 0 Å². The number of carboxylic acid groups (broad SMARTS) is 1. The van der Waals surface area contributed by atoms with Crippen molar-refractivity contribution < 1.29 is 19.1 Å². The molecule has 1 aliphatic carbocycles. The molecule has 0 aliphatic heterocycles. The Bertz CT molecular complexity index is 1540. The fourth-order valence-electron chi connectivity index (χ4n) is 4.84. The molecule has 0 unspecified atom stereocenters. The first-order chi connectivity index (χ1) is 17.6. The zero-order chi connectivity index (χ0) is 24.7. The first kappa shape index (κ1) is 21.8. The summed E-state index contributed by atoms with van der Waals surface area (Å²) < 4.78 is 13.8. The standard InChI is InChI=1S/C27H23N5O4/c1-35-23-21-20(17-6-3-2-4-7-17)22(36-24(21)30-25(29-23)32-15-14-28-16-32)18-8-10-19(11-9-18)27(12-5-13-27)31-26(33)34/h2-4,6-11,14-16,31H,5,12-13H2,1H3,(H,33,34). The van der Waals surface area contributed by atoms with Crippen LogP contribution in [0.15, 0.2) is 77.7 Å². The highest BCUT2D eigenvalue weighted by molar-refractivity contribution is 6.03. The Balaban J connectivity index is 1.53. The minimum Gasteiger partial charge on any atom is -0.480 e. The van der Waals surface area contributed by atoms with Crippen LogP contribution in [0, 0.1) is 0 Å². The third-order valence-electron chi connectivity index (χ3n) is 6.75. The third kappa shape index (κ3) is 3.56. The Morgan fingerprint density at radius 1 is 1.08 bits per heavy atom. The van der Waals surface area contributed by atoms with Crippen LogP contribution < -0.4 is 10.1 Å². The molecule has 180 valence electrons. The Morgan fingerprint density at radius 2 is 1.86 bits per heavy atom. The SMILES string of the molecule is COc1nc(-n2ccnc2)nc2oc(-c3ccc(C4(NC(=O)O)CCC4)cc3)c(-c3ccccc3)c12. The molecule has 3 heterocycles. The number of methoxy groups -OCH3 is 1. The van der Waals surface area contributed by atoms with Crippen molar-refractivity contribution >= 4 is 17.2 Å². The number of fused-ring (bicyclic) bond motifs is 1. The second-order valence-corrected chi connectivity index (χ2v) is 8.80. The van der Waals surface area contributed by atoms with Gasteiger partial charge in [0.25, 0.3) is 0 Å². The monoisotopic (exact) mass is 481 g/mol. The van der Waals surface area contributed by atoms with Gasteiger partial charge in [0.15, 0.2) is 0 Å². The highest BCUT2D eigenvalue weighted by Crippen LogP contribution is 2.45. The van der Waals surface area contributed by atoms with Crippen molar-refractivity contribution in [3.63, 3.8) is 0 Å². The summed E-state index contributed by atoms with van der Waals surface area (Å²) in [6, 6.07) is 17.7. The van der Waals surface area contributed by atoms with Crippen molar-refractivity contribution in [1.29, 1.82) is 0 Å². The van der Waals surface area contributed by atoms with E-state index in [9.17, 15) is 9.90 Å². The highest BCUT2D eigenvalue weighted by atomic mass is 16.5. The lowest BCUT2D eigenvalue weighted by molar-refractivity contribution is 0.144. The van der Waals surface area contributed by atoms with Crippen LogP contribution in [0.5, 0.6) is 5.88 Å². The number of nitrogens with one attached hydrogen (secondary N) is 1. The molecule has 1 aliphatic rings. The summed E-state index contributed by atoms with van der Waals surface area (Å²) in [6.45, 7) is 0. The van der Waals surface area contributed by atoms with Gasteiger partial charge in [-0.2, -0.15) is 9.97 Å². The van der Waals surface area contributed by atoms with Crippen LogP contribution in [-0.2, 0) is 5.54 Å². The number of carbonyl (C=O) groups is 1. The molecular formula is C27H23N5O4. The van der Waals surface area contributed by atoms with Gasteiger partial charge >= 0.3 is 6.09 Å². The summed E-state index contributed by atoms with van der Waals surface area (Å²) in [7, 11) is 1.57. The molecule has 9 nitrogen and oxygen atoms in total. The minimum atomic E-state index is -1.01. The van der Waals surface area contributed by atoms with E-state index in [2.05, 4.69) is 20.3 Å². The van der Waals surface area contributed by atoms with Crippen LogP contribution in [-0.4, -0.2) is 37.8 Å². The molecule has 1 saturated carbocycles. The van der Waals surface area contributed by atoms with E-state index in [1.807, 2.05) is 54.6 Å². The number of rotatable bonds is 6. The molecule has 9 heteroatoms. The summed E-state index contributed by atoms with van der Waals surface area (Å²) >= 11 is 0. The Hall–Kier alpha value is -4.66. The summed E-state index contributed by atoms with van der Waals surface area (Å²) in [5, 5.41) is 12.7. The number of hydrogen-bond acceptors (Lipinski definition) is 6. The van der Waals surface area contributed by atoms with E-state index in [-0.39, 0.29) is 0 Å². The van der Waals surface area contributed by atoms with Crippen molar-refractivity contribution in [2.45, 2.75) is 24.8 Å². The molecule has 0 spiro atoms. The Kier molecular flexibility index (Phi) is 5.18. The number of benzene rings is 2. The van der Waals surface area contributed by atoms with Gasteiger partial charge in [0.1, 0.15) is 17.5 Å². The Labute approximate surface area is 206 Å². The van der Waals surface area contributed by atoms with Gasteiger partial charge in [-0.25, -0.2) is 9.78 Å². The second kappa shape index (κ2) is 8.53. The predicted molar refractivity (Wildman–Crippen MR) is 133 cm³/mol. The van der Waals surface area contributed by atoms with Gasteiger partial charge in [-0.15, -0.1) is 0 Å². The second-order valence-electron chi connectivity index (χ2n) is 8.80. The van der Waals surface area contributed by atoms with E-state index in [0.717, 1.165) is 41.5 Å². The molecule has 3 aromatic heterocycles. The third-order valence-corrected chi connectivity index (χ3v) is 6.75. The van der Waals surface area contributed by atoms with E-state index in [4.69, 9.17) is 9.15 Å². The topological polar surface area (TPSA) is 115 Å². The van der Waals surface area contributed by atoms with Crippen molar-refractivity contribution in [3.8, 4) is 34.3 Å². The average molecular weight is 482 g/mol. The highest BCUT2D eigenvalue weighted by Gasteiger charge is 2.40. The van der Waals surface area contributed by atoms with E-state index in [1.165, 1.54) is 0 Å². The normalized spacial score (nSPS) is 14.4. The van der Waals surface area contributed by atoms with E-state index < -0.39 is 11.6 Å². The van der Waals surface area contributed by atoms with Crippen LogP contribution in [0.2, 0.25) is 0 Å². The van der Waals surface area contributed by atoms with Gasteiger partial charge in [-0.3, -0.25) is 4.57 Å². The van der Waals surface area contributed by atoms with Crippen LogP contribution in [0.4, 0.5) is 4.79 Å². The van der Waals surface area contributed by atoms with Gasteiger partial charge < -0.3 is 19.6 Å².